The van der Waals surface area contributed by atoms with Crippen LogP contribution in [0.2, 0.25) is 0 Å². The SMILES string of the molecule is Cc1c(C(=O)[C@H](C#N)C(=O)NC2CCCC2)sc2nc(C(F)(F)F)ccc12. The number of aryl methyl sites for hydroxylation is 1. The molecule has 2 aromatic heterocycles. The van der Waals surface area contributed by atoms with Crippen LogP contribution in [0.1, 0.15) is 46.6 Å². The Morgan fingerprint density at radius 1 is 1.33 bits per heavy atom. The first kappa shape index (κ1) is 19.3. The van der Waals surface area contributed by atoms with Gasteiger partial charge in [-0.15, -0.1) is 11.3 Å². The summed E-state index contributed by atoms with van der Waals surface area (Å²) in [6.07, 6.45) is -1.00. The van der Waals surface area contributed by atoms with Crippen LogP contribution in [-0.4, -0.2) is 22.7 Å². The first-order valence-corrected chi connectivity index (χ1v) is 9.25. The number of nitrogens with one attached hydrogen (secondary N) is 1. The number of thiophene rings is 1. The normalized spacial score (nSPS) is 16.3. The van der Waals surface area contributed by atoms with Crippen molar-refractivity contribution < 1.29 is 22.8 Å². The van der Waals surface area contributed by atoms with E-state index in [1.165, 1.54) is 6.07 Å². The van der Waals surface area contributed by atoms with Crippen molar-refractivity contribution in [3.05, 3.63) is 28.3 Å². The highest BCUT2D eigenvalue weighted by molar-refractivity contribution is 7.20. The van der Waals surface area contributed by atoms with Crippen LogP contribution in [0.15, 0.2) is 12.1 Å². The maximum atomic E-state index is 12.8. The van der Waals surface area contributed by atoms with Gasteiger partial charge in [0.1, 0.15) is 10.5 Å². The molecule has 2 heterocycles. The highest BCUT2D eigenvalue weighted by Crippen LogP contribution is 2.35. The van der Waals surface area contributed by atoms with Crippen molar-refractivity contribution in [2.24, 2.45) is 5.92 Å². The van der Waals surface area contributed by atoms with Crippen molar-refractivity contribution in [2.45, 2.75) is 44.8 Å². The summed E-state index contributed by atoms with van der Waals surface area (Å²) in [6, 6.07) is 3.79. The Morgan fingerprint density at radius 3 is 2.59 bits per heavy atom. The van der Waals surface area contributed by atoms with Crippen molar-refractivity contribution in [1.82, 2.24) is 10.3 Å². The second kappa shape index (κ2) is 7.27. The molecule has 142 valence electrons. The largest absolute Gasteiger partial charge is 0.433 e. The third kappa shape index (κ3) is 3.81. The fraction of sp³-hybridized carbons (Fsp3) is 0.444. The number of rotatable bonds is 4. The molecule has 0 aromatic carbocycles. The fourth-order valence-corrected chi connectivity index (χ4v) is 4.36. The van der Waals surface area contributed by atoms with Crippen LogP contribution in [0.4, 0.5) is 13.2 Å². The number of Topliss-reactive ketones (excluding diaryl/α,β-unsaturated/α-hetero) is 1. The van der Waals surface area contributed by atoms with Gasteiger partial charge in [0.15, 0.2) is 11.7 Å². The third-order valence-corrected chi connectivity index (χ3v) is 5.89. The number of pyridine rings is 1. The molecular weight excluding hydrogens is 379 g/mol. The van der Waals surface area contributed by atoms with Gasteiger partial charge in [-0.1, -0.05) is 12.8 Å². The topological polar surface area (TPSA) is 82.8 Å². The number of nitriles is 1. The van der Waals surface area contributed by atoms with Crippen molar-refractivity contribution >= 4 is 33.2 Å². The molecule has 1 atom stereocenters. The van der Waals surface area contributed by atoms with E-state index in [2.05, 4.69) is 10.3 Å². The molecule has 1 N–H and O–H groups in total. The number of hydrogen-bond acceptors (Lipinski definition) is 5. The number of hydrogen-bond donors (Lipinski definition) is 1. The Bertz CT molecular complexity index is 940. The van der Waals surface area contributed by atoms with Gasteiger partial charge in [-0.3, -0.25) is 9.59 Å². The maximum absolute atomic E-state index is 12.8. The first-order valence-electron chi connectivity index (χ1n) is 8.44. The molecule has 0 saturated heterocycles. The number of aromatic nitrogens is 1. The van der Waals surface area contributed by atoms with Gasteiger partial charge in [0.25, 0.3) is 0 Å². The van der Waals surface area contributed by atoms with E-state index in [1.54, 1.807) is 13.0 Å². The number of carbonyl (C=O) groups excluding carboxylic acids is 2. The molecule has 1 amide bonds. The number of alkyl halides is 3. The van der Waals surface area contributed by atoms with Crippen LogP contribution >= 0.6 is 11.3 Å². The van der Waals surface area contributed by atoms with Gasteiger partial charge in [0.05, 0.1) is 10.9 Å². The van der Waals surface area contributed by atoms with E-state index in [9.17, 15) is 28.0 Å². The lowest BCUT2D eigenvalue weighted by molar-refractivity contribution is -0.141. The number of halogens is 3. The summed E-state index contributed by atoms with van der Waals surface area (Å²) in [6.45, 7) is 1.57. The van der Waals surface area contributed by atoms with E-state index in [0.29, 0.717) is 10.9 Å². The minimum Gasteiger partial charge on any atom is -0.352 e. The quantitative estimate of drug-likeness (QED) is 0.626. The fourth-order valence-electron chi connectivity index (χ4n) is 3.21. The van der Waals surface area contributed by atoms with Crippen molar-refractivity contribution in [3.8, 4) is 6.07 Å². The van der Waals surface area contributed by atoms with E-state index in [-0.39, 0.29) is 15.7 Å². The maximum Gasteiger partial charge on any atom is 0.433 e. The van der Waals surface area contributed by atoms with Gasteiger partial charge < -0.3 is 5.32 Å². The van der Waals surface area contributed by atoms with Crippen LogP contribution < -0.4 is 5.32 Å². The first-order chi connectivity index (χ1) is 12.7. The number of nitrogens with zero attached hydrogens (tertiary/aromatic N) is 2. The minimum absolute atomic E-state index is 0.0411. The Morgan fingerprint density at radius 2 is 2.00 bits per heavy atom. The highest BCUT2D eigenvalue weighted by Gasteiger charge is 2.35. The lowest BCUT2D eigenvalue weighted by Crippen LogP contribution is -2.39. The molecular formula is C18H16F3N3O2S. The van der Waals surface area contributed by atoms with Crippen molar-refractivity contribution in [2.75, 3.05) is 0 Å². The Kier molecular flexibility index (Phi) is 5.20. The molecule has 1 fully saturated rings. The molecule has 5 nitrogen and oxygen atoms in total. The van der Waals surface area contributed by atoms with E-state index < -0.39 is 29.5 Å². The zero-order valence-corrected chi connectivity index (χ0v) is 15.2. The molecule has 1 saturated carbocycles. The third-order valence-electron chi connectivity index (χ3n) is 4.67. The van der Waals surface area contributed by atoms with Gasteiger partial charge in [0, 0.05) is 11.4 Å². The lowest BCUT2D eigenvalue weighted by Gasteiger charge is -2.14. The summed E-state index contributed by atoms with van der Waals surface area (Å²) in [5, 5.41) is 12.5. The second-order valence-corrected chi connectivity index (χ2v) is 7.52. The van der Waals surface area contributed by atoms with Crippen LogP contribution in [0.3, 0.4) is 0 Å². The summed E-state index contributed by atoms with van der Waals surface area (Å²) >= 11 is 0.774. The second-order valence-electron chi connectivity index (χ2n) is 6.52. The van der Waals surface area contributed by atoms with Gasteiger partial charge in [-0.25, -0.2) is 4.98 Å². The van der Waals surface area contributed by atoms with Gasteiger partial charge in [0.2, 0.25) is 5.91 Å². The molecule has 0 spiro atoms. The van der Waals surface area contributed by atoms with E-state index in [0.717, 1.165) is 43.1 Å². The van der Waals surface area contributed by atoms with Crippen LogP contribution in [-0.2, 0) is 11.0 Å². The van der Waals surface area contributed by atoms with E-state index >= 15 is 0 Å². The molecule has 1 aliphatic carbocycles. The molecule has 1 aliphatic rings. The highest BCUT2D eigenvalue weighted by atomic mass is 32.1. The zero-order valence-electron chi connectivity index (χ0n) is 14.4. The Labute approximate surface area is 157 Å². The van der Waals surface area contributed by atoms with E-state index in [1.807, 2.05) is 0 Å². The molecule has 0 radical (unpaired) electrons. The molecule has 9 heteroatoms. The predicted octanol–water partition coefficient (Wildman–Crippen LogP) is 4.00. The average molecular weight is 395 g/mol. The summed E-state index contributed by atoms with van der Waals surface area (Å²) in [5.74, 6) is -2.89. The average Bonchev–Trinajstić information content (AvgIpc) is 3.22. The van der Waals surface area contributed by atoms with Gasteiger partial charge in [-0.05, 0) is 37.5 Å². The molecule has 2 aromatic rings. The summed E-state index contributed by atoms with van der Waals surface area (Å²) in [4.78, 5) is 28.8. The van der Waals surface area contributed by atoms with Crippen molar-refractivity contribution in [3.63, 3.8) is 0 Å². The number of amides is 1. The van der Waals surface area contributed by atoms with Crippen LogP contribution in [0.25, 0.3) is 10.2 Å². The number of fused-ring (bicyclic) bond motifs is 1. The lowest BCUT2D eigenvalue weighted by atomic mass is 10.00. The van der Waals surface area contributed by atoms with Crippen LogP contribution in [0.5, 0.6) is 0 Å². The monoisotopic (exact) mass is 395 g/mol. The number of ketones is 1. The Balaban J connectivity index is 1.90. The van der Waals surface area contributed by atoms with Crippen molar-refractivity contribution in [1.29, 1.82) is 5.26 Å². The minimum atomic E-state index is -4.59. The molecule has 0 bridgehead atoms. The molecule has 27 heavy (non-hydrogen) atoms. The van der Waals surface area contributed by atoms with Gasteiger partial charge >= 0.3 is 6.18 Å². The molecule has 3 rings (SSSR count). The zero-order chi connectivity index (χ0) is 19.8. The van der Waals surface area contributed by atoms with Crippen LogP contribution in [0, 0.1) is 24.2 Å². The molecule has 0 unspecified atom stereocenters. The smallest absolute Gasteiger partial charge is 0.352 e. The Hall–Kier alpha value is -2.47. The standard InChI is InChI=1S/C18H16F3N3O2S/c1-9-11-6-7-13(18(19,20)21)24-17(11)27-15(9)14(25)12(8-22)16(26)23-10-4-2-3-5-10/h6-7,10,12H,2-5H2,1H3,(H,23,26)/t12-/m0/s1. The predicted molar refractivity (Wildman–Crippen MR) is 93.2 cm³/mol. The summed E-state index contributed by atoms with van der Waals surface area (Å²) in [5.41, 5.74) is -0.624. The summed E-state index contributed by atoms with van der Waals surface area (Å²) in [7, 11) is 0. The van der Waals surface area contributed by atoms with E-state index in [4.69, 9.17) is 0 Å². The summed E-state index contributed by atoms with van der Waals surface area (Å²) < 4.78 is 38.5. The van der Waals surface area contributed by atoms with Gasteiger partial charge in [-0.2, -0.15) is 18.4 Å². The molecule has 0 aliphatic heterocycles. The number of carbonyl (C=O) groups is 2.